The SMILES string of the molecule is CC1(C)CN(C(=O)CCC2CCNCC2)c2cccc(Cl)c21. The summed E-state index contributed by atoms with van der Waals surface area (Å²) in [5, 5.41) is 4.15. The molecule has 2 aliphatic heterocycles. The van der Waals surface area contributed by atoms with Gasteiger partial charge >= 0.3 is 0 Å². The summed E-state index contributed by atoms with van der Waals surface area (Å²) < 4.78 is 0. The molecule has 120 valence electrons. The van der Waals surface area contributed by atoms with Crippen molar-refractivity contribution in [1.29, 1.82) is 0 Å². The van der Waals surface area contributed by atoms with Crippen molar-refractivity contribution in [3.63, 3.8) is 0 Å². The van der Waals surface area contributed by atoms with Gasteiger partial charge in [0.1, 0.15) is 0 Å². The van der Waals surface area contributed by atoms with Crippen molar-refractivity contribution in [2.24, 2.45) is 5.92 Å². The van der Waals surface area contributed by atoms with Crippen LogP contribution in [-0.2, 0) is 10.2 Å². The van der Waals surface area contributed by atoms with Gasteiger partial charge in [-0.3, -0.25) is 4.79 Å². The highest BCUT2D eigenvalue weighted by molar-refractivity contribution is 6.32. The van der Waals surface area contributed by atoms with Gasteiger partial charge < -0.3 is 10.2 Å². The molecule has 1 aromatic carbocycles. The fourth-order valence-corrected chi connectivity index (χ4v) is 4.25. The van der Waals surface area contributed by atoms with Crippen molar-refractivity contribution in [1.82, 2.24) is 5.32 Å². The van der Waals surface area contributed by atoms with Gasteiger partial charge in [0.25, 0.3) is 0 Å². The average Bonchev–Trinajstić information content (AvgIpc) is 2.79. The Morgan fingerprint density at radius 1 is 1.36 bits per heavy atom. The molecule has 1 fully saturated rings. The standard InChI is InChI=1S/C18H25ClN2O/c1-18(2)12-21(15-5-3-4-14(19)17(15)18)16(22)7-6-13-8-10-20-11-9-13/h3-5,13,20H,6-12H2,1-2H3. The largest absolute Gasteiger partial charge is 0.317 e. The number of fused-ring (bicyclic) bond motifs is 1. The van der Waals surface area contributed by atoms with Crippen LogP contribution in [0.15, 0.2) is 18.2 Å². The van der Waals surface area contributed by atoms with Gasteiger partial charge in [0.15, 0.2) is 0 Å². The molecule has 22 heavy (non-hydrogen) atoms. The van der Waals surface area contributed by atoms with E-state index in [2.05, 4.69) is 19.2 Å². The van der Waals surface area contributed by atoms with E-state index in [4.69, 9.17) is 11.6 Å². The van der Waals surface area contributed by atoms with E-state index < -0.39 is 0 Å². The van der Waals surface area contributed by atoms with Crippen LogP contribution < -0.4 is 10.2 Å². The van der Waals surface area contributed by atoms with Crippen LogP contribution in [0.5, 0.6) is 0 Å². The molecule has 1 N–H and O–H groups in total. The topological polar surface area (TPSA) is 32.3 Å². The van der Waals surface area contributed by atoms with Gasteiger partial charge in [0.05, 0.1) is 0 Å². The molecule has 3 nitrogen and oxygen atoms in total. The van der Waals surface area contributed by atoms with Crippen molar-refractivity contribution >= 4 is 23.2 Å². The fraction of sp³-hybridized carbons (Fsp3) is 0.611. The average molecular weight is 321 g/mol. The molecule has 1 aromatic rings. The molecule has 2 heterocycles. The summed E-state index contributed by atoms with van der Waals surface area (Å²) in [7, 11) is 0. The first-order chi connectivity index (χ1) is 10.5. The lowest BCUT2D eigenvalue weighted by Crippen LogP contribution is -2.34. The molecule has 0 atom stereocenters. The quantitative estimate of drug-likeness (QED) is 0.920. The minimum Gasteiger partial charge on any atom is -0.317 e. The Hall–Kier alpha value is -1.06. The van der Waals surface area contributed by atoms with Crippen LogP contribution in [0.1, 0.15) is 45.1 Å². The number of nitrogens with one attached hydrogen (secondary N) is 1. The molecule has 0 saturated carbocycles. The molecule has 0 aliphatic carbocycles. The zero-order chi connectivity index (χ0) is 15.7. The monoisotopic (exact) mass is 320 g/mol. The highest BCUT2D eigenvalue weighted by Crippen LogP contribution is 2.44. The molecule has 1 saturated heterocycles. The molecule has 0 aromatic heterocycles. The van der Waals surface area contributed by atoms with Gasteiger partial charge in [-0.15, -0.1) is 0 Å². The number of benzene rings is 1. The van der Waals surface area contributed by atoms with Crippen LogP contribution in [0.2, 0.25) is 5.02 Å². The smallest absolute Gasteiger partial charge is 0.227 e. The number of carbonyl (C=O) groups is 1. The molecule has 3 rings (SSSR count). The van der Waals surface area contributed by atoms with E-state index in [-0.39, 0.29) is 11.3 Å². The van der Waals surface area contributed by atoms with Gasteiger partial charge in [-0.25, -0.2) is 0 Å². The van der Waals surface area contributed by atoms with Crippen LogP contribution in [0.25, 0.3) is 0 Å². The van der Waals surface area contributed by atoms with Gasteiger partial charge in [0.2, 0.25) is 5.91 Å². The lowest BCUT2D eigenvalue weighted by molar-refractivity contribution is -0.119. The zero-order valence-corrected chi connectivity index (χ0v) is 14.2. The van der Waals surface area contributed by atoms with Gasteiger partial charge in [0, 0.05) is 34.7 Å². The van der Waals surface area contributed by atoms with Crippen molar-refractivity contribution in [3.8, 4) is 0 Å². The van der Waals surface area contributed by atoms with E-state index in [9.17, 15) is 4.79 Å². The van der Waals surface area contributed by atoms with Crippen LogP contribution in [0.4, 0.5) is 5.69 Å². The van der Waals surface area contributed by atoms with Crippen molar-refractivity contribution < 1.29 is 4.79 Å². The van der Waals surface area contributed by atoms with Crippen molar-refractivity contribution in [2.75, 3.05) is 24.5 Å². The van der Waals surface area contributed by atoms with Crippen molar-refractivity contribution in [2.45, 2.75) is 44.9 Å². The number of nitrogens with zero attached hydrogens (tertiary/aromatic N) is 1. The third-order valence-electron chi connectivity index (χ3n) is 5.04. The Labute approximate surface area is 138 Å². The Balaban J connectivity index is 1.70. The highest BCUT2D eigenvalue weighted by atomic mass is 35.5. The minimum absolute atomic E-state index is 0.0713. The number of anilines is 1. The van der Waals surface area contributed by atoms with E-state index in [0.29, 0.717) is 12.3 Å². The van der Waals surface area contributed by atoms with Crippen LogP contribution in [0.3, 0.4) is 0 Å². The van der Waals surface area contributed by atoms with E-state index in [1.165, 1.54) is 12.8 Å². The maximum absolute atomic E-state index is 12.7. The molecular formula is C18H25ClN2O. The molecule has 4 heteroatoms. The molecule has 1 amide bonds. The first-order valence-electron chi connectivity index (χ1n) is 8.29. The molecule has 0 radical (unpaired) electrons. The fourth-order valence-electron chi connectivity index (χ4n) is 3.82. The molecule has 0 bridgehead atoms. The third kappa shape index (κ3) is 3.02. The normalized spacial score (nSPS) is 21.0. The predicted octanol–water partition coefficient (Wildman–Crippen LogP) is 3.74. The Morgan fingerprint density at radius 2 is 2.09 bits per heavy atom. The van der Waals surface area contributed by atoms with Crippen LogP contribution >= 0.6 is 11.6 Å². The summed E-state index contributed by atoms with van der Waals surface area (Å²) in [6.45, 7) is 7.24. The van der Waals surface area contributed by atoms with E-state index in [0.717, 1.165) is 42.3 Å². The van der Waals surface area contributed by atoms with E-state index in [1.54, 1.807) is 0 Å². The number of halogens is 1. The lowest BCUT2D eigenvalue weighted by atomic mass is 9.87. The number of carbonyl (C=O) groups excluding carboxylic acids is 1. The van der Waals surface area contributed by atoms with Gasteiger partial charge in [-0.2, -0.15) is 0 Å². The summed E-state index contributed by atoms with van der Waals surface area (Å²) >= 11 is 6.38. The summed E-state index contributed by atoms with van der Waals surface area (Å²) in [5.74, 6) is 0.937. The number of piperidine rings is 1. The molecule has 0 unspecified atom stereocenters. The maximum Gasteiger partial charge on any atom is 0.227 e. The molecule has 0 spiro atoms. The van der Waals surface area contributed by atoms with E-state index in [1.807, 2.05) is 23.1 Å². The predicted molar refractivity (Wildman–Crippen MR) is 91.7 cm³/mol. The van der Waals surface area contributed by atoms with Crippen LogP contribution in [-0.4, -0.2) is 25.5 Å². The van der Waals surface area contributed by atoms with E-state index >= 15 is 0 Å². The number of amides is 1. The second-order valence-corrected chi connectivity index (χ2v) is 7.64. The number of rotatable bonds is 3. The van der Waals surface area contributed by atoms with Crippen LogP contribution in [0, 0.1) is 5.92 Å². The van der Waals surface area contributed by atoms with Crippen molar-refractivity contribution in [3.05, 3.63) is 28.8 Å². The second-order valence-electron chi connectivity index (χ2n) is 7.23. The third-order valence-corrected chi connectivity index (χ3v) is 5.35. The van der Waals surface area contributed by atoms with Gasteiger partial charge in [-0.05, 0) is 50.4 Å². The maximum atomic E-state index is 12.7. The summed E-state index contributed by atoms with van der Waals surface area (Å²) in [6.07, 6.45) is 4.04. The summed E-state index contributed by atoms with van der Waals surface area (Å²) in [4.78, 5) is 14.7. The highest BCUT2D eigenvalue weighted by Gasteiger charge is 2.39. The lowest BCUT2D eigenvalue weighted by Gasteiger charge is -2.24. The molecular weight excluding hydrogens is 296 g/mol. The van der Waals surface area contributed by atoms with Gasteiger partial charge in [-0.1, -0.05) is 31.5 Å². The Kier molecular flexibility index (Phi) is 4.47. The minimum atomic E-state index is -0.0713. The summed E-state index contributed by atoms with van der Waals surface area (Å²) in [5.41, 5.74) is 2.05. The number of hydrogen-bond acceptors (Lipinski definition) is 2. The zero-order valence-electron chi connectivity index (χ0n) is 13.5. The first kappa shape index (κ1) is 15.8. The Bertz CT molecular complexity index is 564. The summed E-state index contributed by atoms with van der Waals surface area (Å²) in [6, 6.07) is 5.89. The Morgan fingerprint density at radius 3 is 2.82 bits per heavy atom. The molecule has 2 aliphatic rings. The number of hydrogen-bond donors (Lipinski definition) is 1. The first-order valence-corrected chi connectivity index (χ1v) is 8.67. The second kappa shape index (κ2) is 6.21.